The van der Waals surface area contributed by atoms with Gasteiger partial charge in [0.2, 0.25) is 11.8 Å². The molecule has 2 aliphatic rings. The number of carbonyl (C=O) groups is 2. The smallest absolute Gasteiger partial charge is 0.417 e. The molecule has 218 valence electrons. The van der Waals surface area contributed by atoms with Crippen molar-refractivity contribution in [2.24, 2.45) is 17.3 Å². The number of amides is 1. The number of halogens is 3. The van der Waals surface area contributed by atoms with Crippen molar-refractivity contribution in [1.82, 2.24) is 15.2 Å². The number of aromatic nitrogens is 1. The summed E-state index contributed by atoms with van der Waals surface area (Å²) in [6.45, 7) is 5.75. The Morgan fingerprint density at radius 2 is 1.75 bits per heavy atom. The Balaban J connectivity index is 1.81. The zero-order chi connectivity index (χ0) is 29.2. The number of alkyl halides is 3. The Morgan fingerprint density at radius 1 is 1.10 bits per heavy atom. The van der Waals surface area contributed by atoms with Crippen LogP contribution in [0, 0.1) is 17.3 Å². The highest BCUT2D eigenvalue weighted by atomic mass is 19.4. The summed E-state index contributed by atoms with van der Waals surface area (Å²) in [5.41, 5.74) is -0.496. The van der Waals surface area contributed by atoms with Gasteiger partial charge in [0.25, 0.3) is 0 Å². The fourth-order valence-corrected chi connectivity index (χ4v) is 6.48. The summed E-state index contributed by atoms with van der Waals surface area (Å²) in [5.74, 6) is -2.01. The monoisotopic (exact) mass is 561 g/mol. The average Bonchev–Trinajstić information content (AvgIpc) is 3.28. The van der Waals surface area contributed by atoms with Crippen LogP contribution in [0.4, 0.5) is 13.2 Å². The third-order valence-electron chi connectivity index (χ3n) is 8.24. The predicted molar refractivity (Wildman–Crippen MR) is 143 cm³/mol. The number of pyridine rings is 1. The standard InChI is InChI=1S/C30H38F3N3O4/c1-29(2,3)22-23(34-16-20-15-21(30(31,32)33)17-35-26(20)40-4)24(18-11-7-5-8-12-18)36(25(22)28(38)39)27(37)19-13-9-6-10-14-19/h5,7-8,11-12,15,17,19,22-25,34H,6,9-10,13-14,16H2,1-4H3,(H,38,39). The second kappa shape index (κ2) is 11.8. The Bertz CT molecular complexity index is 1190. The van der Waals surface area contributed by atoms with Crippen molar-refractivity contribution in [3.8, 4) is 5.88 Å². The van der Waals surface area contributed by atoms with Crippen LogP contribution in [0.3, 0.4) is 0 Å². The lowest BCUT2D eigenvalue weighted by atomic mass is 9.72. The number of likely N-dealkylation sites (tertiary alicyclic amines) is 1. The maximum Gasteiger partial charge on any atom is 0.417 e. The Labute approximate surface area is 233 Å². The van der Waals surface area contributed by atoms with Gasteiger partial charge in [0.05, 0.1) is 18.7 Å². The number of rotatable bonds is 7. The first kappa shape index (κ1) is 29.8. The van der Waals surface area contributed by atoms with Gasteiger partial charge >= 0.3 is 12.1 Å². The molecule has 2 fully saturated rings. The third kappa shape index (κ3) is 6.11. The van der Waals surface area contributed by atoms with Crippen molar-refractivity contribution in [2.75, 3.05) is 7.11 Å². The van der Waals surface area contributed by atoms with Gasteiger partial charge in [0.15, 0.2) is 0 Å². The summed E-state index contributed by atoms with van der Waals surface area (Å²) in [6, 6.07) is 7.96. The Hall–Kier alpha value is -3.14. The molecule has 4 unspecified atom stereocenters. The summed E-state index contributed by atoms with van der Waals surface area (Å²) in [5, 5.41) is 13.9. The second-order valence-electron chi connectivity index (χ2n) is 11.9. The van der Waals surface area contributed by atoms with Gasteiger partial charge in [-0.25, -0.2) is 9.78 Å². The van der Waals surface area contributed by atoms with Crippen molar-refractivity contribution in [3.63, 3.8) is 0 Å². The van der Waals surface area contributed by atoms with Crippen LogP contribution in [0.1, 0.15) is 75.6 Å². The summed E-state index contributed by atoms with van der Waals surface area (Å²) in [4.78, 5) is 32.5. The molecule has 1 amide bonds. The van der Waals surface area contributed by atoms with Gasteiger partial charge in [-0.15, -0.1) is 0 Å². The molecule has 0 bridgehead atoms. The highest BCUT2D eigenvalue weighted by Crippen LogP contribution is 2.49. The molecular weight excluding hydrogens is 523 g/mol. The lowest BCUT2D eigenvalue weighted by Gasteiger charge is -2.36. The second-order valence-corrected chi connectivity index (χ2v) is 11.9. The molecule has 0 spiro atoms. The minimum atomic E-state index is -4.58. The SMILES string of the molecule is COc1ncc(C(F)(F)F)cc1CNC1C(c2ccccc2)N(C(=O)C2CCCCC2)C(C(=O)O)C1C(C)(C)C. The van der Waals surface area contributed by atoms with Gasteiger partial charge in [-0.3, -0.25) is 4.79 Å². The van der Waals surface area contributed by atoms with E-state index in [1.807, 2.05) is 51.1 Å². The number of aliphatic carboxylic acids is 1. The lowest BCUT2D eigenvalue weighted by molar-refractivity contribution is -0.154. The number of benzene rings is 1. The first-order valence-corrected chi connectivity index (χ1v) is 13.8. The largest absolute Gasteiger partial charge is 0.481 e. The molecule has 10 heteroatoms. The quantitative estimate of drug-likeness (QED) is 0.441. The molecule has 2 N–H and O–H groups in total. The Morgan fingerprint density at radius 3 is 2.30 bits per heavy atom. The maximum absolute atomic E-state index is 14.1. The van der Waals surface area contributed by atoms with Crippen LogP contribution in [-0.4, -0.2) is 46.1 Å². The van der Waals surface area contributed by atoms with Gasteiger partial charge in [0.1, 0.15) is 6.04 Å². The van der Waals surface area contributed by atoms with Crippen LogP contribution in [-0.2, 0) is 22.3 Å². The lowest BCUT2D eigenvalue weighted by Crippen LogP contribution is -2.49. The van der Waals surface area contributed by atoms with Crippen LogP contribution < -0.4 is 10.1 Å². The first-order valence-electron chi connectivity index (χ1n) is 13.8. The molecule has 1 aliphatic carbocycles. The van der Waals surface area contributed by atoms with E-state index in [1.165, 1.54) is 7.11 Å². The van der Waals surface area contributed by atoms with Crippen molar-refractivity contribution in [1.29, 1.82) is 0 Å². The van der Waals surface area contributed by atoms with Crippen LogP contribution >= 0.6 is 0 Å². The van der Waals surface area contributed by atoms with E-state index in [9.17, 15) is 27.9 Å². The van der Waals surface area contributed by atoms with E-state index < -0.39 is 47.2 Å². The van der Waals surface area contributed by atoms with E-state index in [2.05, 4.69) is 10.3 Å². The number of nitrogens with zero attached hydrogens (tertiary/aromatic N) is 2. The van der Waals surface area contributed by atoms with Crippen LogP contribution in [0.25, 0.3) is 0 Å². The third-order valence-corrected chi connectivity index (χ3v) is 8.24. The number of carboxylic acid groups (broad SMARTS) is 1. The number of hydrogen-bond donors (Lipinski definition) is 2. The molecule has 40 heavy (non-hydrogen) atoms. The molecular formula is C30H38F3N3O4. The molecule has 7 nitrogen and oxygen atoms in total. The number of hydrogen-bond acceptors (Lipinski definition) is 5. The zero-order valence-corrected chi connectivity index (χ0v) is 23.4. The number of methoxy groups -OCH3 is 1. The van der Waals surface area contributed by atoms with Gasteiger partial charge in [-0.1, -0.05) is 70.4 Å². The van der Waals surface area contributed by atoms with Crippen LogP contribution in [0.5, 0.6) is 5.88 Å². The number of carbonyl (C=O) groups excluding carboxylic acids is 1. The van der Waals surface area contributed by atoms with Gasteiger partial charge < -0.3 is 20.1 Å². The van der Waals surface area contributed by atoms with E-state index in [1.54, 1.807) is 4.90 Å². The molecule has 1 aromatic carbocycles. The molecule has 0 radical (unpaired) electrons. The Kier molecular flexibility index (Phi) is 8.77. The van der Waals surface area contributed by atoms with Gasteiger partial charge in [0, 0.05) is 36.2 Å². The normalized spacial score (nSPS) is 24.2. The molecule has 4 atom stereocenters. The van der Waals surface area contributed by atoms with E-state index >= 15 is 0 Å². The van der Waals surface area contributed by atoms with Crippen molar-refractivity contribution in [2.45, 2.75) is 83.7 Å². The minimum Gasteiger partial charge on any atom is -0.481 e. The summed E-state index contributed by atoms with van der Waals surface area (Å²) >= 11 is 0. The van der Waals surface area contributed by atoms with E-state index in [0.717, 1.165) is 37.1 Å². The molecule has 1 saturated heterocycles. The van der Waals surface area contributed by atoms with Gasteiger partial charge in [-0.2, -0.15) is 13.2 Å². The molecule has 2 aromatic rings. The fraction of sp³-hybridized carbons (Fsp3) is 0.567. The van der Waals surface area contributed by atoms with Crippen molar-refractivity contribution >= 4 is 11.9 Å². The molecule has 2 heterocycles. The minimum absolute atomic E-state index is 0.0481. The van der Waals surface area contributed by atoms with E-state index in [0.29, 0.717) is 12.8 Å². The summed E-state index contributed by atoms with van der Waals surface area (Å²) in [7, 11) is 1.34. The van der Waals surface area contributed by atoms with E-state index in [4.69, 9.17) is 4.74 Å². The highest BCUT2D eigenvalue weighted by molar-refractivity contribution is 5.87. The molecule has 1 aromatic heterocycles. The van der Waals surface area contributed by atoms with Crippen LogP contribution in [0.2, 0.25) is 0 Å². The van der Waals surface area contributed by atoms with Crippen molar-refractivity contribution in [3.05, 3.63) is 59.3 Å². The number of ether oxygens (including phenoxy) is 1. The predicted octanol–water partition coefficient (Wildman–Crippen LogP) is 5.85. The topological polar surface area (TPSA) is 91.8 Å². The number of nitrogens with one attached hydrogen (secondary N) is 1. The molecule has 1 saturated carbocycles. The van der Waals surface area contributed by atoms with Crippen LogP contribution in [0.15, 0.2) is 42.6 Å². The highest BCUT2D eigenvalue weighted by Gasteiger charge is 2.58. The van der Waals surface area contributed by atoms with E-state index in [-0.39, 0.29) is 29.8 Å². The van der Waals surface area contributed by atoms with Crippen molar-refractivity contribution < 1.29 is 32.6 Å². The zero-order valence-electron chi connectivity index (χ0n) is 23.4. The number of carboxylic acids is 1. The fourth-order valence-electron chi connectivity index (χ4n) is 6.48. The van der Waals surface area contributed by atoms with Gasteiger partial charge in [-0.05, 0) is 29.9 Å². The molecule has 1 aliphatic heterocycles. The summed E-state index contributed by atoms with van der Waals surface area (Å²) in [6.07, 6.45) is 0.474. The summed E-state index contributed by atoms with van der Waals surface area (Å²) < 4.78 is 45.7. The molecule has 4 rings (SSSR count). The maximum atomic E-state index is 14.1. The average molecular weight is 562 g/mol. The first-order chi connectivity index (χ1) is 18.8.